The number of aromatic nitrogens is 1. The van der Waals surface area contributed by atoms with Gasteiger partial charge in [0.1, 0.15) is 0 Å². The molecule has 4 nitrogen and oxygen atoms in total. The molecule has 0 saturated carbocycles. The van der Waals surface area contributed by atoms with Crippen LogP contribution in [0.2, 0.25) is 0 Å². The van der Waals surface area contributed by atoms with Gasteiger partial charge in [-0.2, -0.15) is 0 Å². The summed E-state index contributed by atoms with van der Waals surface area (Å²) in [6.07, 6.45) is 2.25. The average molecular weight is 277 g/mol. The van der Waals surface area contributed by atoms with Crippen LogP contribution in [0.4, 0.5) is 0 Å². The number of carbonyl (C=O) groups is 1. The normalized spacial score (nSPS) is 21.8. The Morgan fingerprint density at radius 2 is 2.05 bits per heavy atom. The molecule has 1 aromatic carbocycles. The first kappa shape index (κ1) is 12.4. The lowest BCUT2D eigenvalue weighted by Crippen LogP contribution is -2.16. The highest BCUT2D eigenvalue weighted by Gasteiger charge is 2.34. The SMILES string of the molecule is Cn1cc(C(=O)C2CCS(=O)(=O)C2)c2ccccc21. The molecule has 5 heteroatoms. The monoisotopic (exact) mass is 277 g/mol. The number of carbonyl (C=O) groups excluding carboxylic acids is 1. The highest BCUT2D eigenvalue weighted by Crippen LogP contribution is 2.27. The fraction of sp³-hybridized carbons (Fsp3) is 0.357. The van der Waals surface area contributed by atoms with Crippen LogP contribution in [0.5, 0.6) is 0 Å². The van der Waals surface area contributed by atoms with E-state index in [0.29, 0.717) is 12.0 Å². The summed E-state index contributed by atoms with van der Waals surface area (Å²) in [6, 6.07) is 7.69. The Kier molecular flexibility index (Phi) is 2.74. The van der Waals surface area contributed by atoms with Crippen molar-refractivity contribution in [2.24, 2.45) is 13.0 Å². The number of hydrogen-bond acceptors (Lipinski definition) is 3. The highest BCUT2D eigenvalue weighted by molar-refractivity contribution is 7.91. The molecule has 0 radical (unpaired) electrons. The molecule has 0 aliphatic carbocycles. The van der Waals surface area contributed by atoms with Gasteiger partial charge in [0.05, 0.1) is 11.5 Å². The predicted octanol–water partition coefficient (Wildman–Crippen LogP) is 1.80. The van der Waals surface area contributed by atoms with Crippen LogP contribution in [0.1, 0.15) is 16.8 Å². The zero-order chi connectivity index (χ0) is 13.6. The number of ketones is 1. The summed E-state index contributed by atoms with van der Waals surface area (Å²) in [5.41, 5.74) is 1.63. The fourth-order valence-electron chi connectivity index (χ4n) is 2.76. The van der Waals surface area contributed by atoms with Gasteiger partial charge in [0.25, 0.3) is 0 Å². The fourth-order valence-corrected chi connectivity index (χ4v) is 4.50. The molecule has 1 fully saturated rings. The predicted molar refractivity (Wildman–Crippen MR) is 74.0 cm³/mol. The van der Waals surface area contributed by atoms with E-state index in [9.17, 15) is 13.2 Å². The summed E-state index contributed by atoms with van der Waals surface area (Å²) in [6.45, 7) is 0. The van der Waals surface area contributed by atoms with E-state index in [2.05, 4.69) is 0 Å². The van der Waals surface area contributed by atoms with Crippen molar-refractivity contribution in [3.8, 4) is 0 Å². The van der Waals surface area contributed by atoms with E-state index >= 15 is 0 Å². The van der Waals surface area contributed by atoms with Crippen LogP contribution in [-0.4, -0.2) is 30.3 Å². The molecular weight excluding hydrogens is 262 g/mol. The van der Waals surface area contributed by atoms with Crippen molar-refractivity contribution in [3.63, 3.8) is 0 Å². The molecule has 1 atom stereocenters. The largest absolute Gasteiger partial charge is 0.350 e. The van der Waals surface area contributed by atoms with Crippen molar-refractivity contribution >= 4 is 26.5 Å². The first-order valence-electron chi connectivity index (χ1n) is 6.27. The summed E-state index contributed by atoms with van der Waals surface area (Å²) in [5.74, 6) is -0.294. The van der Waals surface area contributed by atoms with Gasteiger partial charge in [-0.05, 0) is 12.5 Å². The molecule has 1 aliphatic rings. The topological polar surface area (TPSA) is 56.1 Å². The van der Waals surface area contributed by atoms with Crippen LogP contribution in [0.25, 0.3) is 10.9 Å². The average Bonchev–Trinajstić information content (AvgIpc) is 2.90. The number of aryl methyl sites for hydroxylation is 1. The third-order valence-corrected chi connectivity index (χ3v) is 5.53. The van der Waals surface area contributed by atoms with Gasteiger partial charge in [-0.15, -0.1) is 0 Å². The van der Waals surface area contributed by atoms with Gasteiger partial charge in [-0.3, -0.25) is 4.79 Å². The standard InChI is InChI=1S/C14H15NO3S/c1-15-8-12(11-4-2-3-5-13(11)15)14(16)10-6-7-19(17,18)9-10/h2-5,8,10H,6-7,9H2,1H3. The molecule has 0 N–H and O–H groups in total. The van der Waals surface area contributed by atoms with Crippen molar-refractivity contribution in [1.29, 1.82) is 0 Å². The highest BCUT2D eigenvalue weighted by atomic mass is 32.2. The Morgan fingerprint density at radius 1 is 1.32 bits per heavy atom. The maximum Gasteiger partial charge on any atom is 0.169 e. The Morgan fingerprint density at radius 3 is 2.74 bits per heavy atom. The van der Waals surface area contributed by atoms with E-state index in [1.165, 1.54) is 0 Å². The van der Waals surface area contributed by atoms with E-state index < -0.39 is 9.84 Å². The molecule has 2 heterocycles. The second-order valence-corrected chi connectivity index (χ2v) is 7.36. The minimum Gasteiger partial charge on any atom is -0.350 e. The molecule has 3 rings (SSSR count). The van der Waals surface area contributed by atoms with Crippen molar-refractivity contribution in [1.82, 2.24) is 4.57 Å². The number of sulfone groups is 1. The third-order valence-electron chi connectivity index (χ3n) is 3.77. The lowest BCUT2D eigenvalue weighted by Gasteiger charge is -2.05. The molecule has 0 amide bonds. The molecule has 1 aromatic heterocycles. The second-order valence-electron chi connectivity index (χ2n) is 5.14. The van der Waals surface area contributed by atoms with Gasteiger partial charge in [0.2, 0.25) is 0 Å². The Bertz CT molecular complexity index is 758. The minimum absolute atomic E-state index is 0.00491. The lowest BCUT2D eigenvalue weighted by atomic mass is 9.97. The van der Waals surface area contributed by atoms with Gasteiger partial charge >= 0.3 is 0 Å². The van der Waals surface area contributed by atoms with Crippen LogP contribution >= 0.6 is 0 Å². The zero-order valence-electron chi connectivity index (χ0n) is 10.7. The number of rotatable bonds is 2. The van der Waals surface area contributed by atoms with Crippen LogP contribution in [0.15, 0.2) is 30.5 Å². The van der Waals surface area contributed by atoms with E-state index in [0.717, 1.165) is 10.9 Å². The summed E-state index contributed by atoms with van der Waals surface area (Å²) < 4.78 is 24.9. The molecule has 0 bridgehead atoms. The first-order chi connectivity index (χ1) is 8.98. The summed E-state index contributed by atoms with van der Waals surface area (Å²) in [5, 5.41) is 0.902. The van der Waals surface area contributed by atoms with Crippen LogP contribution < -0.4 is 0 Å². The number of hydrogen-bond donors (Lipinski definition) is 0. The van der Waals surface area contributed by atoms with E-state index in [1.807, 2.05) is 35.9 Å². The summed E-state index contributed by atoms with van der Waals surface area (Å²) in [4.78, 5) is 12.5. The molecule has 1 aliphatic heterocycles. The van der Waals surface area contributed by atoms with E-state index in [-0.39, 0.29) is 23.2 Å². The van der Waals surface area contributed by atoms with Crippen LogP contribution in [0.3, 0.4) is 0 Å². The maximum absolute atomic E-state index is 12.5. The molecule has 1 saturated heterocycles. The quantitative estimate of drug-likeness (QED) is 0.786. The van der Waals surface area contributed by atoms with Gasteiger partial charge in [0.15, 0.2) is 15.6 Å². The second kappa shape index (κ2) is 4.20. The van der Waals surface area contributed by atoms with E-state index in [4.69, 9.17) is 0 Å². The van der Waals surface area contributed by atoms with Crippen molar-refractivity contribution in [3.05, 3.63) is 36.0 Å². The molecule has 0 spiro atoms. The Labute approximate surface area is 112 Å². The van der Waals surface area contributed by atoms with Crippen LogP contribution in [-0.2, 0) is 16.9 Å². The molecule has 100 valence electrons. The van der Waals surface area contributed by atoms with Gasteiger partial charge < -0.3 is 4.57 Å². The van der Waals surface area contributed by atoms with Gasteiger partial charge in [-0.25, -0.2) is 8.42 Å². The molecular formula is C14H15NO3S. The summed E-state index contributed by atoms with van der Waals surface area (Å²) >= 11 is 0. The smallest absolute Gasteiger partial charge is 0.169 e. The first-order valence-corrected chi connectivity index (χ1v) is 8.09. The molecule has 2 aromatic rings. The lowest BCUT2D eigenvalue weighted by molar-refractivity contribution is 0.0935. The summed E-state index contributed by atoms with van der Waals surface area (Å²) in [7, 11) is -1.13. The van der Waals surface area contributed by atoms with Crippen molar-refractivity contribution < 1.29 is 13.2 Å². The van der Waals surface area contributed by atoms with Crippen molar-refractivity contribution in [2.75, 3.05) is 11.5 Å². The number of benzene rings is 1. The van der Waals surface area contributed by atoms with Crippen LogP contribution in [0, 0.1) is 5.92 Å². The van der Waals surface area contributed by atoms with Gasteiger partial charge in [0, 0.05) is 35.6 Å². The molecule has 19 heavy (non-hydrogen) atoms. The number of Topliss-reactive ketones (excluding diaryl/α,β-unsaturated/α-hetero) is 1. The van der Waals surface area contributed by atoms with E-state index in [1.54, 1.807) is 6.20 Å². The number of para-hydroxylation sites is 1. The number of fused-ring (bicyclic) bond motifs is 1. The Balaban J connectivity index is 2.03. The van der Waals surface area contributed by atoms with Crippen molar-refractivity contribution in [2.45, 2.75) is 6.42 Å². The Hall–Kier alpha value is -1.62. The minimum atomic E-state index is -3.02. The zero-order valence-corrected chi connectivity index (χ0v) is 11.5. The van der Waals surface area contributed by atoms with Gasteiger partial charge in [-0.1, -0.05) is 18.2 Å². The third kappa shape index (κ3) is 2.08. The molecule has 1 unspecified atom stereocenters. The maximum atomic E-state index is 12.5. The number of nitrogens with zero attached hydrogens (tertiary/aromatic N) is 1.